The molecule has 16 heavy (non-hydrogen) atoms. The molecule has 0 fully saturated rings. The number of aromatic nitrogens is 3. The fourth-order valence-corrected chi connectivity index (χ4v) is 1.38. The highest BCUT2D eigenvalue weighted by Crippen LogP contribution is 2.21. The zero-order valence-electron chi connectivity index (χ0n) is 9.21. The van der Waals surface area contributed by atoms with Crippen LogP contribution in [-0.4, -0.2) is 37.1 Å². The van der Waals surface area contributed by atoms with Gasteiger partial charge in [-0.15, -0.1) is 5.10 Å². The fourth-order valence-electron chi connectivity index (χ4n) is 1.38. The van der Waals surface area contributed by atoms with Crippen molar-refractivity contribution in [3.05, 3.63) is 11.4 Å². The number of hydrogen-bond acceptors (Lipinski definition) is 4. The van der Waals surface area contributed by atoms with E-state index in [9.17, 15) is 9.59 Å². The van der Waals surface area contributed by atoms with Gasteiger partial charge in [0.1, 0.15) is 6.04 Å². The van der Waals surface area contributed by atoms with E-state index in [1.807, 2.05) is 0 Å². The summed E-state index contributed by atoms with van der Waals surface area (Å²) < 4.78 is 1.14. The van der Waals surface area contributed by atoms with E-state index in [1.165, 1.54) is 6.92 Å². The third kappa shape index (κ3) is 2.02. The zero-order chi connectivity index (χ0) is 12.5. The molecule has 0 radical (unpaired) electrons. The highest BCUT2D eigenvalue weighted by Gasteiger charge is 2.26. The van der Waals surface area contributed by atoms with E-state index in [2.05, 4.69) is 10.3 Å². The van der Waals surface area contributed by atoms with E-state index in [-0.39, 0.29) is 11.6 Å². The van der Waals surface area contributed by atoms with E-state index in [0.717, 1.165) is 4.68 Å². The molecule has 0 aliphatic heterocycles. The van der Waals surface area contributed by atoms with Gasteiger partial charge in [-0.25, -0.2) is 14.3 Å². The molecule has 1 heterocycles. The summed E-state index contributed by atoms with van der Waals surface area (Å²) in [5, 5.41) is 24.8. The first kappa shape index (κ1) is 12.2. The van der Waals surface area contributed by atoms with Crippen molar-refractivity contribution >= 4 is 11.9 Å². The Hall–Kier alpha value is -1.92. The highest BCUT2D eigenvalue weighted by molar-refractivity contribution is 5.86. The molecule has 0 aliphatic rings. The quantitative estimate of drug-likeness (QED) is 0.786. The van der Waals surface area contributed by atoms with Gasteiger partial charge < -0.3 is 10.2 Å². The van der Waals surface area contributed by atoms with Crippen LogP contribution in [-0.2, 0) is 4.79 Å². The highest BCUT2D eigenvalue weighted by atomic mass is 16.4. The Labute approximate surface area is 91.7 Å². The fraction of sp³-hybridized carbons (Fsp3) is 0.556. The Kier molecular flexibility index (Phi) is 3.26. The van der Waals surface area contributed by atoms with Crippen LogP contribution >= 0.6 is 0 Å². The Balaban J connectivity index is 3.31. The Bertz CT molecular complexity index is 424. The number of aromatic carboxylic acids is 1. The molecule has 0 saturated carbocycles. The Morgan fingerprint density at radius 1 is 1.25 bits per heavy atom. The zero-order valence-corrected chi connectivity index (χ0v) is 9.21. The summed E-state index contributed by atoms with van der Waals surface area (Å²) in [5.74, 6) is -2.45. The molecule has 2 N–H and O–H groups in total. The van der Waals surface area contributed by atoms with E-state index in [4.69, 9.17) is 10.2 Å². The van der Waals surface area contributed by atoms with Crippen LogP contribution in [0.25, 0.3) is 0 Å². The van der Waals surface area contributed by atoms with Crippen molar-refractivity contribution in [2.45, 2.75) is 32.7 Å². The number of hydrogen-bond donors (Lipinski definition) is 2. The smallest absolute Gasteiger partial charge is 0.358 e. The maximum atomic E-state index is 10.9. The number of carboxylic acids is 2. The maximum absolute atomic E-state index is 10.9. The van der Waals surface area contributed by atoms with Crippen LogP contribution in [0.4, 0.5) is 0 Å². The van der Waals surface area contributed by atoms with Gasteiger partial charge in [0.05, 0.1) is 5.69 Å². The standard InChI is InChI=1S/C9H13N3O4/c1-4(2)7-6(9(15)16)10-11-12(7)5(3)8(13)14/h4-5H,1-3H3,(H,13,14)(H,15,16). The lowest BCUT2D eigenvalue weighted by molar-refractivity contribution is -0.140. The SMILES string of the molecule is CC(C)c1c(C(=O)O)nnn1C(C)C(=O)O. The first-order valence-corrected chi connectivity index (χ1v) is 4.77. The molecule has 0 aromatic carbocycles. The molecule has 7 heteroatoms. The third-order valence-electron chi connectivity index (χ3n) is 2.20. The van der Waals surface area contributed by atoms with Crippen LogP contribution in [0.15, 0.2) is 0 Å². The number of rotatable bonds is 4. The van der Waals surface area contributed by atoms with Gasteiger partial charge in [0.2, 0.25) is 0 Å². The average Bonchev–Trinajstić information content (AvgIpc) is 2.60. The molecule has 0 spiro atoms. The molecule has 1 aromatic rings. The van der Waals surface area contributed by atoms with Gasteiger partial charge in [-0.05, 0) is 12.8 Å². The molecular weight excluding hydrogens is 214 g/mol. The minimum Gasteiger partial charge on any atom is -0.480 e. The maximum Gasteiger partial charge on any atom is 0.358 e. The number of carboxylic acid groups (broad SMARTS) is 2. The van der Waals surface area contributed by atoms with Crippen LogP contribution in [0.1, 0.15) is 48.9 Å². The molecule has 1 aromatic heterocycles. The van der Waals surface area contributed by atoms with Crippen LogP contribution in [0.2, 0.25) is 0 Å². The van der Waals surface area contributed by atoms with Crippen LogP contribution < -0.4 is 0 Å². The molecule has 1 atom stereocenters. The molecule has 88 valence electrons. The van der Waals surface area contributed by atoms with E-state index < -0.39 is 18.0 Å². The lowest BCUT2D eigenvalue weighted by atomic mass is 10.1. The van der Waals surface area contributed by atoms with Gasteiger partial charge >= 0.3 is 11.9 Å². The van der Waals surface area contributed by atoms with Crippen molar-refractivity contribution in [2.24, 2.45) is 0 Å². The van der Waals surface area contributed by atoms with Crippen molar-refractivity contribution in [1.29, 1.82) is 0 Å². The summed E-state index contributed by atoms with van der Waals surface area (Å²) in [6, 6.07) is -0.932. The monoisotopic (exact) mass is 227 g/mol. The van der Waals surface area contributed by atoms with Gasteiger partial charge in [0.25, 0.3) is 0 Å². The normalized spacial score (nSPS) is 12.8. The van der Waals surface area contributed by atoms with Gasteiger partial charge in [0, 0.05) is 0 Å². The van der Waals surface area contributed by atoms with Crippen molar-refractivity contribution in [1.82, 2.24) is 15.0 Å². The molecule has 7 nitrogen and oxygen atoms in total. The second kappa shape index (κ2) is 4.30. The molecule has 1 rings (SSSR count). The second-order valence-electron chi connectivity index (χ2n) is 3.74. The van der Waals surface area contributed by atoms with E-state index in [0.29, 0.717) is 5.69 Å². The topological polar surface area (TPSA) is 105 Å². The predicted octanol–water partition coefficient (Wildman–Crippen LogP) is 0.745. The van der Waals surface area contributed by atoms with Crippen molar-refractivity contribution in [3.63, 3.8) is 0 Å². The van der Waals surface area contributed by atoms with Crippen LogP contribution in [0, 0.1) is 0 Å². The molecule has 1 unspecified atom stereocenters. The summed E-state index contributed by atoms with van der Waals surface area (Å²) in [6.45, 7) is 4.95. The minimum absolute atomic E-state index is 0.164. The Morgan fingerprint density at radius 2 is 1.81 bits per heavy atom. The summed E-state index contributed by atoms with van der Waals surface area (Å²) in [4.78, 5) is 21.7. The van der Waals surface area contributed by atoms with Gasteiger partial charge in [-0.2, -0.15) is 0 Å². The van der Waals surface area contributed by atoms with E-state index >= 15 is 0 Å². The van der Waals surface area contributed by atoms with Crippen molar-refractivity contribution < 1.29 is 19.8 Å². The van der Waals surface area contributed by atoms with Crippen LogP contribution in [0.5, 0.6) is 0 Å². The third-order valence-corrected chi connectivity index (χ3v) is 2.20. The van der Waals surface area contributed by atoms with Gasteiger partial charge in [0.15, 0.2) is 5.69 Å². The number of nitrogens with zero attached hydrogens (tertiary/aromatic N) is 3. The largest absolute Gasteiger partial charge is 0.480 e. The lowest BCUT2D eigenvalue weighted by Gasteiger charge is -2.12. The minimum atomic E-state index is -1.20. The molecule has 0 aliphatic carbocycles. The van der Waals surface area contributed by atoms with Crippen molar-refractivity contribution in [3.8, 4) is 0 Å². The summed E-state index contributed by atoms with van der Waals surface area (Å²) in [6.07, 6.45) is 0. The average molecular weight is 227 g/mol. The molecular formula is C9H13N3O4. The summed E-state index contributed by atoms with van der Waals surface area (Å²) in [5.41, 5.74) is 0.130. The van der Waals surface area contributed by atoms with E-state index in [1.54, 1.807) is 13.8 Å². The Morgan fingerprint density at radius 3 is 2.19 bits per heavy atom. The first-order chi connectivity index (χ1) is 7.36. The molecule has 0 amide bonds. The van der Waals surface area contributed by atoms with Crippen molar-refractivity contribution in [2.75, 3.05) is 0 Å². The second-order valence-corrected chi connectivity index (χ2v) is 3.74. The van der Waals surface area contributed by atoms with Gasteiger partial charge in [-0.1, -0.05) is 19.1 Å². The summed E-state index contributed by atoms with van der Waals surface area (Å²) >= 11 is 0. The number of carbonyl (C=O) groups is 2. The predicted molar refractivity (Wildman–Crippen MR) is 53.4 cm³/mol. The molecule has 0 saturated heterocycles. The van der Waals surface area contributed by atoms with Crippen LogP contribution in [0.3, 0.4) is 0 Å². The number of aliphatic carboxylic acids is 1. The first-order valence-electron chi connectivity index (χ1n) is 4.77. The summed E-state index contributed by atoms with van der Waals surface area (Å²) in [7, 11) is 0. The molecule has 0 bridgehead atoms. The lowest BCUT2D eigenvalue weighted by Crippen LogP contribution is -2.20. The van der Waals surface area contributed by atoms with Gasteiger partial charge in [-0.3, -0.25) is 0 Å².